The van der Waals surface area contributed by atoms with Crippen molar-refractivity contribution < 1.29 is 179 Å². The summed E-state index contributed by atoms with van der Waals surface area (Å²) in [6, 6.07) is 0. The van der Waals surface area contributed by atoms with Gasteiger partial charge in [0.05, 0.1) is 50.5 Å². The molecule has 31 nitrogen and oxygen atoms in total. The van der Waals surface area contributed by atoms with Gasteiger partial charge in [-0.1, -0.05) is 44.9 Å². The van der Waals surface area contributed by atoms with Crippen LogP contribution in [0.4, 0.5) is 0 Å². The Labute approximate surface area is 567 Å². The number of ether oxygens (including phenoxy) is 13. The van der Waals surface area contributed by atoms with Crippen LogP contribution in [0.3, 0.4) is 0 Å². The van der Waals surface area contributed by atoms with Crippen LogP contribution in [-0.4, -0.2) is 285 Å². The zero-order valence-corrected chi connectivity index (χ0v) is 57.2. The number of methoxy groups -OCH3 is 1. The fraction of sp³-hybridized carbons (Fsp3) is 0.902. The van der Waals surface area contributed by atoms with E-state index in [1.54, 1.807) is 0 Å². The third kappa shape index (κ3) is 13.8. The molecule has 0 aromatic heterocycles. The Kier molecular flexibility index (Phi) is 23.9. The van der Waals surface area contributed by atoms with Crippen molar-refractivity contribution in [2.75, 3.05) is 40.1 Å². The first-order valence-electron chi connectivity index (χ1n) is 32.0. The Balaban J connectivity index is 0.0000104. The quantitative estimate of drug-likeness (QED) is 0.0167. The maximum Gasteiger partial charge on any atom is 1.00 e. The van der Waals surface area contributed by atoms with Crippen LogP contribution in [0.25, 0.3) is 0 Å². The number of allylic oxidation sites excluding steroid dienone is 3. The molecule has 1 unspecified atom stereocenters. The molecule has 0 aromatic carbocycles. The van der Waals surface area contributed by atoms with Crippen molar-refractivity contribution in [3.8, 4) is 0 Å². The monoisotopic (exact) mass is 1380 g/mol. The molecule has 33 heteroatoms. The van der Waals surface area contributed by atoms with E-state index in [1.165, 1.54) is 6.92 Å². The molecule has 10 aliphatic rings. The molecule has 6 aliphatic heterocycles. The number of carbonyl (C=O) groups is 2. The molecule has 0 aromatic rings. The van der Waals surface area contributed by atoms with Gasteiger partial charge in [0.25, 0.3) is 0 Å². The Hall–Kier alpha value is -1.63. The van der Waals surface area contributed by atoms with E-state index >= 15 is 0 Å². The van der Waals surface area contributed by atoms with Crippen molar-refractivity contribution in [2.24, 2.45) is 39.4 Å². The molecule has 6 heterocycles. The number of carbonyl (C=O) groups excluding carboxylic acids is 2. The second kappa shape index (κ2) is 29.4. The summed E-state index contributed by atoms with van der Waals surface area (Å²) in [4.78, 5) is 27.6. The Morgan fingerprint density at radius 1 is 0.670 bits per heavy atom. The van der Waals surface area contributed by atoms with Gasteiger partial charge in [0, 0.05) is 19.4 Å². The van der Waals surface area contributed by atoms with Crippen molar-refractivity contribution >= 4 is 22.3 Å². The SMILES string of the molecule is C=C(C)CCC[C@]1(C)OC(=O)[C@]23CC[C@H]4C(=CC[C@H]5C(C)(C)C(O[C@@H]6OC[C@@H](OS(=O)(=O)[O-])[C@H](O)[C@H]6O[C@@H]6O[C@H](CO)[C@@H](O[C@@H]7O[C@H](CO)[C@@H](O)[C@H](O[C@@H]8O[C@H](CO)[C@@H](O)[C@H](OC)[C@H]8O)[C@H]7O)[C@H](O)[C@H]6O[C@@H]6OC[C@@H](O)[C@H](O)[C@H]6O)CC[C@]45C)[C@]2(C)C[C@H](OC(C)=O)[C@@H]31.[Na+]. The van der Waals surface area contributed by atoms with Crippen molar-refractivity contribution in [2.45, 2.75) is 265 Å². The number of aliphatic hydroxyl groups is 12. The van der Waals surface area contributed by atoms with Crippen molar-refractivity contribution in [1.29, 1.82) is 0 Å². The minimum Gasteiger partial charge on any atom is -0.726 e. The van der Waals surface area contributed by atoms with E-state index in [0.29, 0.717) is 44.9 Å². The number of rotatable bonds is 21. The number of cyclic esters (lactones) is 1. The van der Waals surface area contributed by atoms with Crippen LogP contribution in [0, 0.1) is 39.4 Å². The maximum atomic E-state index is 14.8. The van der Waals surface area contributed by atoms with Crippen molar-refractivity contribution in [3.63, 3.8) is 0 Å². The van der Waals surface area contributed by atoms with Gasteiger partial charge < -0.3 is 127 Å². The molecule has 94 heavy (non-hydrogen) atoms. The molecular weight excluding hydrogens is 1280 g/mol. The fourth-order valence-corrected chi connectivity index (χ4v) is 18.3. The summed E-state index contributed by atoms with van der Waals surface area (Å²) in [6.45, 7) is 13.5. The molecule has 10 rings (SSSR count). The molecule has 0 amide bonds. The van der Waals surface area contributed by atoms with E-state index in [0.717, 1.165) is 31.1 Å². The molecule has 12 N–H and O–H groups in total. The van der Waals surface area contributed by atoms with Gasteiger partial charge in [-0.25, -0.2) is 8.42 Å². The second-order valence-corrected chi connectivity index (χ2v) is 29.4. The predicted molar refractivity (Wildman–Crippen MR) is 308 cm³/mol. The molecule has 0 radical (unpaired) electrons. The van der Waals surface area contributed by atoms with Crippen LogP contribution in [0.5, 0.6) is 0 Å². The standard InChI is InChI=1S/C61H96O31S.Na/c1-25(2)11-10-16-60(8)50-30(82-26(3)65)19-59(7)28-12-13-35-57(4,5)36(15-17-58(35,6)27(28)14-18-61(50,59)56(75)91-60)86-54-48(40(70)34(24-81-54)92-93(76,77)78)90-55-49(89-51-41(71)37(67)29(66)23-80-51)42(72)45(33(22-64)85-55)87-53-44(74)47(39(69)32(21-63)84-53)88-52-43(73)46(79-9)38(68)31(20-62)83-52;/h12,27,29-55,62-64,66-74H,1,10-11,13-24H2,2-9H3,(H,76,77,78);/q;+1/p-1/t27-,29+,30-,31+,32+,33+,34+,35-,36?,37-,38+,39+,40-,41+,42-,43+,44+,45+,46-,47-,48+,49+,50+,51-,52-,53-,54-,55-,58+,59-,60-,61+;/m0./s1. The van der Waals surface area contributed by atoms with Crippen molar-refractivity contribution in [3.05, 3.63) is 23.8 Å². The number of aliphatic hydroxyl groups excluding tert-OH is 12. The fourth-order valence-electron chi connectivity index (χ4n) is 17.8. The van der Waals surface area contributed by atoms with Gasteiger partial charge in [-0.15, -0.1) is 6.58 Å². The number of hydrogen-bond acceptors (Lipinski definition) is 31. The minimum atomic E-state index is -5.57. The molecule has 532 valence electrons. The summed E-state index contributed by atoms with van der Waals surface area (Å²) in [5.41, 5.74) is -1.69. The second-order valence-electron chi connectivity index (χ2n) is 28.4. The minimum absolute atomic E-state index is 0. The van der Waals surface area contributed by atoms with E-state index in [9.17, 15) is 83.8 Å². The van der Waals surface area contributed by atoms with Gasteiger partial charge in [0.1, 0.15) is 122 Å². The Morgan fingerprint density at radius 2 is 1.24 bits per heavy atom. The first-order chi connectivity index (χ1) is 43.6. The molecule has 9 fully saturated rings. The average Bonchev–Trinajstić information content (AvgIpc) is 1.47. The maximum absolute atomic E-state index is 14.8. The zero-order valence-electron chi connectivity index (χ0n) is 54.4. The average molecular weight is 1380 g/mol. The van der Waals surface area contributed by atoms with E-state index in [1.807, 2.05) is 27.7 Å². The Bertz CT molecular complexity index is 2800. The van der Waals surface area contributed by atoms with E-state index in [4.69, 9.17) is 65.8 Å². The number of esters is 2. The van der Waals surface area contributed by atoms with Gasteiger partial charge >= 0.3 is 41.5 Å². The molecule has 4 aliphatic carbocycles. The van der Waals surface area contributed by atoms with Crippen LogP contribution >= 0.6 is 0 Å². The first kappa shape index (κ1) is 76.5. The summed E-state index contributed by atoms with van der Waals surface area (Å²) in [5.74, 6) is -1.32. The topological polar surface area (TPSA) is 463 Å². The van der Waals surface area contributed by atoms with E-state index < -0.39 is 236 Å². The molecule has 32 atom stereocenters. The van der Waals surface area contributed by atoms with Crippen molar-refractivity contribution in [1.82, 2.24) is 0 Å². The predicted octanol–water partition coefficient (Wildman–Crippen LogP) is -5.92. The van der Waals surface area contributed by atoms with Crippen LogP contribution in [0.2, 0.25) is 0 Å². The summed E-state index contributed by atoms with van der Waals surface area (Å²) < 4.78 is 120. The molecule has 0 bridgehead atoms. The number of fused-ring (bicyclic) bond motifs is 4. The van der Waals surface area contributed by atoms with Gasteiger partial charge in [0.15, 0.2) is 31.5 Å². The molecular formula is C61H95NaO31S. The van der Waals surface area contributed by atoms with Gasteiger partial charge in [0.2, 0.25) is 10.4 Å². The van der Waals surface area contributed by atoms with Crippen LogP contribution in [-0.2, 0) is 85.8 Å². The smallest absolute Gasteiger partial charge is 0.726 e. The van der Waals surface area contributed by atoms with E-state index in [-0.39, 0.29) is 47.4 Å². The summed E-state index contributed by atoms with van der Waals surface area (Å²) in [5, 5.41) is 133. The van der Waals surface area contributed by atoms with E-state index in [2.05, 4.69) is 26.5 Å². The van der Waals surface area contributed by atoms with Gasteiger partial charge in [-0.2, -0.15) is 0 Å². The third-order valence-electron chi connectivity index (χ3n) is 22.4. The molecule has 1 spiro atoms. The number of hydrogen-bond donors (Lipinski definition) is 12. The van der Waals surface area contributed by atoms with Crippen LogP contribution in [0.15, 0.2) is 23.8 Å². The summed E-state index contributed by atoms with van der Waals surface area (Å²) in [7, 11) is -4.42. The first-order valence-corrected chi connectivity index (χ1v) is 33.3. The molecule has 6 saturated heterocycles. The largest absolute Gasteiger partial charge is 1.00 e. The summed E-state index contributed by atoms with van der Waals surface area (Å²) in [6.07, 6.45) is -37.4. The van der Waals surface area contributed by atoms with Gasteiger partial charge in [-0.05, 0) is 94.3 Å². The summed E-state index contributed by atoms with van der Waals surface area (Å²) >= 11 is 0. The third-order valence-corrected chi connectivity index (χ3v) is 22.9. The normalized spacial score (nSPS) is 49.2. The van der Waals surface area contributed by atoms with Gasteiger partial charge in [-0.3, -0.25) is 13.8 Å². The Morgan fingerprint density at radius 3 is 1.85 bits per heavy atom. The van der Waals surface area contributed by atoms with Crippen LogP contribution in [0.1, 0.15) is 106 Å². The zero-order chi connectivity index (χ0) is 68.0. The molecule has 3 saturated carbocycles. The van der Waals surface area contributed by atoms with Crippen LogP contribution < -0.4 is 29.6 Å².